The van der Waals surface area contributed by atoms with E-state index in [0.29, 0.717) is 0 Å². The van der Waals surface area contributed by atoms with Gasteiger partial charge in [-0.05, 0) is 45.6 Å². The second-order valence-electron chi connectivity index (χ2n) is 6.83. The van der Waals surface area contributed by atoms with Crippen LogP contribution >= 0.6 is 38.3 Å². The summed E-state index contributed by atoms with van der Waals surface area (Å²) in [5.74, 6) is 3.05. The van der Waals surface area contributed by atoms with E-state index in [1.54, 1.807) is 0 Å². The number of aromatic nitrogens is 1. The van der Waals surface area contributed by atoms with E-state index in [1.165, 1.54) is 32.6 Å². The van der Waals surface area contributed by atoms with Crippen LogP contribution in [0.25, 0.3) is 44.0 Å². The zero-order valence-electron chi connectivity index (χ0n) is 14.6. The molecule has 0 saturated heterocycles. The van der Waals surface area contributed by atoms with Crippen LogP contribution in [-0.4, -0.2) is 0 Å². The second-order valence-corrected chi connectivity index (χ2v) is 10.9. The monoisotopic (exact) mass is 508 g/mol. The molecule has 3 heterocycles. The number of pyridine rings is 2. The smallest absolute Gasteiger partial charge is 0.255 e. The molecule has 28 heavy (non-hydrogen) atoms. The van der Waals surface area contributed by atoms with Gasteiger partial charge in [-0.1, -0.05) is 52.3 Å². The van der Waals surface area contributed by atoms with E-state index in [9.17, 15) is 0 Å². The Hall–Kier alpha value is -2.00. The highest BCUT2D eigenvalue weighted by atomic mass is 79.9. The lowest BCUT2D eigenvalue weighted by atomic mass is 9.99. The highest BCUT2D eigenvalue weighted by molar-refractivity contribution is 9.39. The molecule has 0 radical (unpaired) electrons. The zero-order valence-corrected chi connectivity index (χ0v) is 18.6. The topological polar surface area (TPSA) is 13.3 Å². The maximum atomic E-state index is 6.30. The number of hydrogen-bond acceptors (Lipinski definition) is 1. The summed E-state index contributed by atoms with van der Waals surface area (Å²) in [7, 11) is 0. The Bertz CT molecular complexity index is 1480. The van der Waals surface area contributed by atoms with Crippen molar-refractivity contribution in [2.45, 2.75) is 0 Å². The molecule has 6 rings (SSSR count). The first-order chi connectivity index (χ1) is 13.7. The van der Waals surface area contributed by atoms with Gasteiger partial charge in [0.05, 0.1) is 16.2 Å². The van der Waals surface area contributed by atoms with Crippen molar-refractivity contribution in [3.63, 3.8) is 0 Å². The van der Waals surface area contributed by atoms with E-state index < -0.39 is 6.85 Å². The summed E-state index contributed by atoms with van der Waals surface area (Å²) in [6, 6.07) is 23.7. The summed E-state index contributed by atoms with van der Waals surface area (Å²) < 4.78 is 9.74. The summed E-state index contributed by atoms with van der Waals surface area (Å²) in [6.07, 6.45) is 2.19. The van der Waals surface area contributed by atoms with Crippen LogP contribution in [0.2, 0.25) is 0 Å². The molecule has 5 heteroatoms. The Morgan fingerprint density at radius 3 is 2.25 bits per heavy atom. The molecule has 2 nitrogen and oxygen atoms in total. The number of benzene rings is 3. The highest BCUT2D eigenvalue weighted by Gasteiger charge is 2.29. The molecule has 5 aromatic rings. The van der Waals surface area contributed by atoms with Gasteiger partial charge in [0, 0.05) is 27.4 Å². The van der Waals surface area contributed by atoms with Gasteiger partial charge in [-0.3, -0.25) is 0 Å². The molecule has 134 valence electrons. The molecule has 0 bridgehead atoms. The molecular weight excluding hydrogens is 497 g/mol. The number of fused-ring (bicyclic) bond motifs is 11. The number of rotatable bonds is 0. The van der Waals surface area contributed by atoms with E-state index in [0.717, 1.165) is 21.3 Å². The minimum Gasteiger partial charge on any atom is -0.451 e. The van der Waals surface area contributed by atoms with Crippen molar-refractivity contribution < 1.29 is 8.92 Å². The molecule has 1 atom stereocenters. The molecule has 1 aliphatic rings. The van der Waals surface area contributed by atoms with Gasteiger partial charge < -0.3 is 4.52 Å². The van der Waals surface area contributed by atoms with Crippen LogP contribution in [0.4, 0.5) is 0 Å². The molecule has 0 spiro atoms. The quantitative estimate of drug-likeness (QED) is 0.118. The first-order valence-electron chi connectivity index (χ1n) is 8.94. The SMILES string of the molecule is Brc1ccc2c(c1)c1ccccc1c1c3ccccc3c3c([n+]21)C=CP(Br)O3. The summed E-state index contributed by atoms with van der Waals surface area (Å²) >= 11 is 7.30. The average Bonchev–Trinajstić information content (AvgIpc) is 2.73. The third-order valence-electron chi connectivity index (χ3n) is 5.32. The number of nitrogens with zero attached hydrogens (tertiary/aromatic N) is 1. The molecule has 3 aromatic carbocycles. The summed E-state index contributed by atoms with van der Waals surface area (Å²) in [4.78, 5) is 0. The minimum absolute atomic E-state index is 0.779. The van der Waals surface area contributed by atoms with Crippen molar-refractivity contribution in [2.24, 2.45) is 0 Å². The predicted molar refractivity (Wildman–Crippen MR) is 125 cm³/mol. The van der Waals surface area contributed by atoms with Gasteiger partial charge in [0.2, 0.25) is 16.8 Å². The summed E-state index contributed by atoms with van der Waals surface area (Å²) in [6.45, 7) is -0.779. The summed E-state index contributed by atoms with van der Waals surface area (Å²) in [5.41, 5.74) is 3.48. The fourth-order valence-electron chi connectivity index (χ4n) is 4.22. The second kappa shape index (κ2) is 6.25. The first kappa shape index (κ1) is 16.9. The molecule has 2 aromatic heterocycles. The van der Waals surface area contributed by atoms with Crippen molar-refractivity contribution in [1.29, 1.82) is 0 Å². The zero-order chi connectivity index (χ0) is 18.8. The van der Waals surface area contributed by atoms with Crippen LogP contribution in [0.5, 0.6) is 5.75 Å². The molecule has 1 aliphatic heterocycles. The van der Waals surface area contributed by atoms with Crippen molar-refractivity contribution in [3.8, 4) is 5.75 Å². The maximum absolute atomic E-state index is 6.30. The van der Waals surface area contributed by atoms with Crippen molar-refractivity contribution in [1.82, 2.24) is 0 Å². The fraction of sp³-hybridized carbons (Fsp3) is 0. The molecule has 0 amide bonds. The van der Waals surface area contributed by atoms with Crippen molar-refractivity contribution in [2.75, 3.05) is 0 Å². The Balaban J connectivity index is 2.02. The van der Waals surface area contributed by atoms with Crippen LogP contribution in [0.15, 0.2) is 77.0 Å². The maximum Gasteiger partial charge on any atom is 0.255 e. The molecule has 0 aliphatic carbocycles. The van der Waals surface area contributed by atoms with Gasteiger partial charge in [-0.15, -0.1) is 4.40 Å². The van der Waals surface area contributed by atoms with Crippen molar-refractivity contribution >= 4 is 82.3 Å². The molecule has 0 N–H and O–H groups in total. The van der Waals surface area contributed by atoms with E-state index in [4.69, 9.17) is 4.52 Å². The largest absolute Gasteiger partial charge is 0.451 e. The normalized spacial score (nSPS) is 16.0. The number of hydrogen-bond donors (Lipinski definition) is 0. The Morgan fingerprint density at radius 1 is 0.786 bits per heavy atom. The summed E-state index contributed by atoms with van der Waals surface area (Å²) in [5, 5.41) is 6.07. The minimum atomic E-state index is -0.779. The van der Waals surface area contributed by atoms with Crippen LogP contribution in [0.1, 0.15) is 5.69 Å². The lowest BCUT2D eigenvalue weighted by Gasteiger charge is -2.17. The van der Waals surface area contributed by atoms with Gasteiger partial charge in [0.15, 0.2) is 6.85 Å². The van der Waals surface area contributed by atoms with E-state index in [1.807, 2.05) is 0 Å². The highest BCUT2D eigenvalue weighted by Crippen LogP contribution is 2.53. The van der Waals surface area contributed by atoms with Gasteiger partial charge in [0.25, 0.3) is 5.69 Å². The third kappa shape index (κ3) is 2.32. The van der Waals surface area contributed by atoms with Gasteiger partial charge in [0.1, 0.15) is 0 Å². The Morgan fingerprint density at radius 2 is 1.46 bits per heavy atom. The standard InChI is InChI=1S/C23H13Br2NOP/c24-14-9-10-20-19(13-14)15-5-1-2-6-16(15)22-17-7-3-4-8-18(17)23-21(26(20)22)11-12-28(25)27-23/h1-13H/q+1. The van der Waals surface area contributed by atoms with E-state index in [-0.39, 0.29) is 0 Å². The van der Waals surface area contributed by atoms with E-state index >= 15 is 0 Å². The third-order valence-corrected chi connectivity index (χ3v) is 7.70. The van der Waals surface area contributed by atoms with Crippen LogP contribution < -0.4 is 8.92 Å². The van der Waals surface area contributed by atoms with Gasteiger partial charge >= 0.3 is 0 Å². The lowest BCUT2D eigenvalue weighted by molar-refractivity contribution is -0.482. The Kier molecular flexibility index (Phi) is 3.77. The first-order valence-corrected chi connectivity index (χ1v) is 13.1. The van der Waals surface area contributed by atoms with Crippen LogP contribution in [0.3, 0.4) is 0 Å². The average molecular weight is 510 g/mol. The number of halogens is 2. The lowest BCUT2D eigenvalue weighted by Crippen LogP contribution is -2.29. The van der Waals surface area contributed by atoms with Gasteiger partial charge in [-0.25, -0.2) is 0 Å². The fourth-order valence-corrected chi connectivity index (χ4v) is 6.06. The van der Waals surface area contributed by atoms with Gasteiger partial charge in [-0.2, -0.15) is 0 Å². The molecule has 0 fully saturated rings. The molecular formula is C23H13Br2NOP+. The molecule has 0 saturated carbocycles. The van der Waals surface area contributed by atoms with Crippen LogP contribution in [-0.2, 0) is 0 Å². The van der Waals surface area contributed by atoms with Crippen LogP contribution in [0, 0.1) is 0 Å². The Labute approximate surface area is 179 Å². The molecule has 1 unspecified atom stereocenters. The van der Waals surface area contributed by atoms with E-state index in [2.05, 4.69) is 114 Å². The predicted octanol–water partition coefficient (Wildman–Crippen LogP) is 7.72. The van der Waals surface area contributed by atoms with Crippen molar-refractivity contribution in [3.05, 3.63) is 82.7 Å².